The zero-order valence-electron chi connectivity index (χ0n) is 10.6. The maximum atomic E-state index is 12.4. The smallest absolute Gasteiger partial charge is 0.239 e. The van der Waals surface area contributed by atoms with Crippen LogP contribution < -0.4 is 0 Å². The van der Waals surface area contributed by atoms with E-state index in [1.54, 1.807) is 0 Å². The summed E-state index contributed by atoms with van der Waals surface area (Å²) < 4.78 is 0.576. The number of amides is 1. The largest absolute Gasteiger partial charge is 0.334 e. The van der Waals surface area contributed by atoms with Crippen LogP contribution in [0.25, 0.3) is 0 Å². The van der Waals surface area contributed by atoms with Crippen LogP contribution in [-0.4, -0.2) is 21.2 Å². The van der Waals surface area contributed by atoms with Crippen molar-refractivity contribution < 1.29 is 4.79 Å². The Morgan fingerprint density at radius 2 is 2.00 bits per heavy atom. The summed E-state index contributed by atoms with van der Waals surface area (Å²) in [5.74, 6) is 0.167. The number of alkyl halides is 1. The van der Waals surface area contributed by atoms with Crippen LogP contribution in [0, 0.1) is 0 Å². The third-order valence-electron chi connectivity index (χ3n) is 3.06. The van der Waals surface area contributed by atoms with Crippen LogP contribution in [-0.2, 0) is 11.3 Å². The molecule has 1 saturated carbocycles. The second-order valence-corrected chi connectivity index (χ2v) is 8.06. The zero-order chi connectivity index (χ0) is 13.3. The van der Waals surface area contributed by atoms with Gasteiger partial charge < -0.3 is 4.90 Å². The lowest BCUT2D eigenvalue weighted by Crippen LogP contribution is -2.42. The van der Waals surface area contributed by atoms with E-state index in [2.05, 4.69) is 37.9 Å². The Bertz CT molecular complexity index is 449. The number of hydrogen-bond donors (Lipinski definition) is 0. The lowest BCUT2D eigenvalue weighted by molar-refractivity contribution is -0.134. The molecular formula is C14H17Br2NO. The van der Waals surface area contributed by atoms with Gasteiger partial charge in [0.25, 0.3) is 0 Å². The van der Waals surface area contributed by atoms with Gasteiger partial charge >= 0.3 is 0 Å². The fourth-order valence-electron chi connectivity index (χ4n) is 1.90. The van der Waals surface area contributed by atoms with Crippen molar-refractivity contribution in [3.05, 3.63) is 34.3 Å². The van der Waals surface area contributed by atoms with E-state index in [-0.39, 0.29) is 5.91 Å². The fraction of sp³-hybridized carbons (Fsp3) is 0.500. The number of hydrogen-bond acceptors (Lipinski definition) is 1. The predicted molar refractivity (Wildman–Crippen MR) is 80.7 cm³/mol. The second-order valence-electron chi connectivity index (χ2n) is 5.23. The molecule has 1 aliphatic rings. The lowest BCUT2D eigenvalue weighted by Gasteiger charge is -2.29. The maximum Gasteiger partial charge on any atom is 0.239 e. The van der Waals surface area contributed by atoms with E-state index in [1.165, 1.54) is 0 Å². The molecule has 0 heterocycles. The van der Waals surface area contributed by atoms with Gasteiger partial charge in [-0.05, 0) is 38.3 Å². The fourth-order valence-corrected chi connectivity index (χ4v) is 2.54. The van der Waals surface area contributed by atoms with Crippen molar-refractivity contribution in [1.29, 1.82) is 0 Å². The van der Waals surface area contributed by atoms with Crippen LogP contribution >= 0.6 is 31.9 Å². The van der Waals surface area contributed by atoms with Crippen molar-refractivity contribution in [3.8, 4) is 0 Å². The van der Waals surface area contributed by atoms with E-state index in [4.69, 9.17) is 0 Å². The molecule has 1 amide bonds. The normalized spacial score (nSPS) is 15.6. The monoisotopic (exact) mass is 373 g/mol. The first-order valence-electron chi connectivity index (χ1n) is 6.13. The molecule has 0 aliphatic heterocycles. The third-order valence-corrected chi connectivity index (χ3v) is 4.17. The van der Waals surface area contributed by atoms with E-state index in [1.807, 2.05) is 36.9 Å². The highest BCUT2D eigenvalue weighted by molar-refractivity contribution is 9.10. The first kappa shape index (κ1) is 14.1. The Labute approximate surface area is 125 Å². The van der Waals surface area contributed by atoms with E-state index < -0.39 is 4.32 Å². The predicted octanol–water partition coefficient (Wildman–Crippen LogP) is 4.11. The lowest BCUT2D eigenvalue weighted by atomic mass is 10.1. The Morgan fingerprint density at radius 3 is 2.50 bits per heavy atom. The number of rotatable bonds is 4. The minimum Gasteiger partial charge on any atom is -0.334 e. The van der Waals surface area contributed by atoms with Crippen molar-refractivity contribution >= 4 is 37.8 Å². The molecule has 18 heavy (non-hydrogen) atoms. The molecule has 0 radical (unpaired) electrons. The van der Waals surface area contributed by atoms with Gasteiger partial charge in [-0.15, -0.1) is 0 Å². The van der Waals surface area contributed by atoms with Crippen LogP contribution in [0.1, 0.15) is 32.3 Å². The standard InChI is InChI=1S/C14H17Br2NO/c1-14(2,16)13(18)17(11-7-8-11)9-10-5-3-4-6-12(10)15/h3-6,11H,7-9H2,1-2H3. The SMILES string of the molecule is CC(C)(Br)C(=O)N(Cc1ccccc1Br)C1CC1. The van der Waals surface area contributed by atoms with Crippen molar-refractivity contribution in [1.82, 2.24) is 4.90 Å². The molecule has 4 heteroatoms. The molecule has 0 saturated heterocycles. The molecular weight excluding hydrogens is 358 g/mol. The number of halogens is 2. The van der Waals surface area contributed by atoms with E-state index in [9.17, 15) is 4.79 Å². The van der Waals surface area contributed by atoms with E-state index in [0.29, 0.717) is 12.6 Å². The molecule has 1 aromatic rings. The molecule has 0 spiro atoms. The van der Waals surface area contributed by atoms with Crippen LogP contribution in [0.15, 0.2) is 28.7 Å². The van der Waals surface area contributed by atoms with Gasteiger partial charge in [0.2, 0.25) is 5.91 Å². The zero-order valence-corrected chi connectivity index (χ0v) is 13.8. The van der Waals surface area contributed by atoms with Gasteiger partial charge in [0.15, 0.2) is 0 Å². The minimum atomic E-state index is -0.489. The highest BCUT2D eigenvalue weighted by atomic mass is 79.9. The molecule has 0 atom stereocenters. The highest BCUT2D eigenvalue weighted by Crippen LogP contribution is 2.33. The van der Waals surface area contributed by atoms with Crippen LogP contribution in [0.3, 0.4) is 0 Å². The maximum absolute atomic E-state index is 12.4. The summed E-state index contributed by atoms with van der Waals surface area (Å²) in [7, 11) is 0. The first-order chi connectivity index (χ1) is 8.39. The minimum absolute atomic E-state index is 0.167. The Morgan fingerprint density at radius 1 is 1.39 bits per heavy atom. The molecule has 0 aromatic heterocycles. The van der Waals surface area contributed by atoms with Crippen LogP contribution in [0.5, 0.6) is 0 Å². The summed E-state index contributed by atoms with van der Waals surface area (Å²) in [6, 6.07) is 8.50. The van der Waals surface area contributed by atoms with Crippen molar-refractivity contribution in [2.24, 2.45) is 0 Å². The molecule has 0 N–H and O–H groups in total. The van der Waals surface area contributed by atoms with Crippen molar-refractivity contribution in [2.45, 2.75) is 43.6 Å². The number of nitrogens with zero attached hydrogens (tertiary/aromatic N) is 1. The van der Waals surface area contributed by atoms with Gasteiger partial charge in [-0.1, -0.05) is 50.1 Å². The Kier molecular flexibility index (Phi) is 4.17. The van der Waals surface area contributed by atoms with Gasteiger partial charge in [0.1, 0.15) is 0 Å². The van der Waals surface area contributed by atoms with Gasteiger partial charge in [-0.3, -0.25) is 4.79 Å². The summed E-state index contributed by atoms with van der Waals surface area (Å²) in [5, 5.41) is 0. The third kappa shape index (κ3) is 3.35. The van der Waals surface area contributed by atoms with Crippen LogP contribution in [0.4, 0.5) is 0 Å². The van der Waals surface area contributed by atoms with Gasteiger partial charge in [0, 0.05) is 17.1 Å². The summed E-state index contributed by atoms with van der Waals surface area (Å²) in [5.41, 5.74) is 1.16. The second kappa shape index (κ2) is 5.33. The molecule has 1 aromatic carbocycles. The molecule has 2 rings (SSSR count). The van der Waals surface area contributed by atoms with Gasteiger partial charge in [-0.25, -0.2) is 0 Å². The van der Waals surface area contributed by atoms with Crippen molar-refractivity contribution in [3.63, 3.8) is 0 Å². The molecule has 0 unspecified atom stereocenters. The molecule has 0 bridgehead atoms. The number of carbonyl (C=O) groups is 1. The molecule has 98 valence electrons. The summed E-state index contributed by atoms with van der Waals surface area (Å²) >= 11 is 7.01. The summed E-state index contributed by atoms with van der Waals surface area (Å²) in [6.45, 7) is 4.50. The summed E-state index contributed by atoms with van der Waals surface area (Å²) in [4.78, 5) is 14.4. The number of benzene rings is 1. The Hall–Kier alpha value is -0.350. The summed E-state index contributed by atoms with van der Waals surface area (Å²) in [6.07, 6.45) is 2.25. The van der Waals surface area contributed by atoms with Crippen LogP contribution in [0.2, 0.25) is 0 Å². The molecule has 1 aliphatic carbocycles. The molecule has 2 nitrogen and oxygen atoms in total. The molecule has 1 fully saturated rings. The Balaban J connectivity index is 2.17. The highest BCUT2D eigenvalue weighted by Gasteiger charge is 2.38. The van der Waals surface area contributed by atoms with Gasteiger partial charge in [-0.2, -0.15) is 0 Å². The van der Waals surface area contributed by atoms with Crippen molar-refractivity contribution in [2.75, 3.05) is 0 Å². The topological polar surface area (TPSA) is 20.3 Å². The number of carbonyl (C=O) groups excluding carboxylic acids is 1. The quantitative estimate of drug-likeness (QED) is 0.726. The first-order valence-corrected chi connectivity index (χ1v) is 7.71. The average Bonchev–Trinajstić information content (AvgIpc) is 3.10. The van der Waals surface area contributed by atoms with E-state index >= 15 is 0 Å². The van der Waals surface area contributed by atoms with Gasteiger partial charge in [0.05, 0.1) is 4.32 Å². The average molecular weight is 375 g/mol. The van der Waals surface area contributed by atoms with E-state index in [0.717, 1.165) is 22.9 Å².